The van der Waals surface area contributed by atoms with Crippen LogP contribution in [-0.4, -0.2) is 38.0 Å². The molecule has 0 aromatic heterocycles. The van der Waals surface area contributed by atoms with Crippen LogP contribution in [-0.2, 0) is 9.59 Å². The van der Waals surface area contributed by atoms with Gasteiger partial charge in [-0.15, -0.1) is 12.4 Å². The number of benzene rings is 1. The van der Waals surface area contributed by atoms with Crippen molar-refractivity contribution in [3.63, 3.8) is 0 Å². The quantitative estimate of drug-likeness (QED) is 0.766. The highest BCUT2D eigenvalue weighted by Crippen LogP contribution is 2.27. The molecule has 1 saturated heterocycles. The summed E-state index contributed by atoms with van der Waals surface area (Å²) in [6, 6.07) is 3.04. The Morgan fingerprint density at radius 3 is 2.74 bits per heavy atom. The van der Waals surface area contributed by atoms with E-state index in [2.05, 4.69) is 10.6 Å². The van der Waals surface area contributed by atoms with Crippen LogP contribution >= 0.6 is 12.4 Å². The maximum Gasteiger partial charge on any atom is 0.227 e. The second-order valence-corrected chi connectivity index (χ2v) is 5.15. The minimum Gasteiger partial charge on any atom is -0.355 e. The monoisotopic (exact) mass is 347 g/mol. The summed E-state index contributed by atoms with van der Waals surface area (Å²) in [6.45, 7) is 4.01. The van der Waals surface area contributed by atoms with Crippen molar-refractivity contribution in [2.24, 2.45) is 5.92 Å². The molecular weight excluding hydrogens is 328 g/mol. The van der Waals surface area contributed by atoms with Gasteiger partial charge in [-0.25, -0.2) is 8.78 Å². The van der Waals surface area contributed by atoms with Gasteiger partial charge in [0.1, 0.15) is 11.6 Å². The lowest BCUT2D eigenvalue weighted by molar-refractivity contribution is -0.126. The zero-order valence-corrected chi connectivity index (χ0v) is 13.6. The number of hydrogen-bond donors (Lipinski definition) is 2. The molecule has 23 heavy (non-hydrogen) atoms. The predicted octanol–water partition coefficient (Wildman–Crippen LogP) is 1.47. The maximum absolute atomic E-state index is 13.7. The molecule has 0 bridgehead atoms. The minimum absolute atomic E-state index is 0. The van der Waals surface area contributed by atoms with E-state index >= 15 is 0 Å². The van der Waals surface area contributed by atoms with Gasteiger partial charge in [-0.1, -0.05) is 6.92 Å². The Morgan fingerprint density at radius 1 is 1.35 bits per heavy atom. The Morgan fingerprint density at radius 2 is 2.09 bits per heavy atom. The first kappa shape index (κ1) is 19.3. The van der Waals surface area contributed by atoms with Gasteiger partial charge < -0.3 is 15.5 Å². The fraction of sp³-hybridized carbons (Fsp3) is 0.467. The number of rotatable bonds is 6. The number of nitrogens with one attached hydrogen (secondary N) is 2. The van der Waals surface area contributed by atoms with Gasteiger partial charge in [0.15, 0.2) is 0 Å². The molecule has 2 rings (SSSR count). The predicted molar refractivity (Wildman–Crippen MR) is 85.6 cm³/mol. The van der Waals surface area contributed by atoms with E-state index in [-0.39, 0.29) is 42.9 Å². The molecule has 1 unspecified atom stereocenters. The van der Waals surface area contributed by atoms with Gasteiger partial charge in [0.2, 0.25) is 11.8 Å². The Kier molecular flexibility index (Phi) is 7.38. The summed E-state index contributed by atoms with van der Waals surface area (Å²) in [5.74, 6) is -2.58. The zero-order chi connectivity index (χ0) is 16.1. The van der Waals surface area contributed by atoms with Crippen molar-refractivity contribution in [2.75, 3.05) is 31.1 Å². The normalized spacial score (nSPS) is 17.1. The van der Waals surface area contributed by atoms with E-state index in [9.17, 15) is 18.4 Å². The second-order valence-electron chi connectivity index (χ2n) is 5.15. The van der Waals surface area contributed by atoms with Gasteiger partial charge in [0.05, 0.1) is 11.6 Å². The molecule has 2 N–H and O–H groups in total. The van der Waals surface area contributed by atoms with Crippen LogP contribution < -0.4 is 15.5 Å². The summed E-state index contributed by atoms with van der Waals surface area (Å²) in [7, 11) is 0. The van der Waals surface area contributed by atoms with E-state index in [4.69, 9.17) is 0 Å². The third-order valence-corrected chi connectivity index (χ3v) is 3.55. The van der Waals surface area contributed by atoms with E-state index in [0.29, 0.717) is 13.1 Å². The topological polar surface area (TPSA) is 61.4 Å². The smallest absolute Gasteiger partial charge is 0.227 e. The molecule has 8 heteroatoms. The molecule has 1 aromatic rings. The standard InChI is InChI=1S/C15H19F2N3O2.ClH/c1-2-18-5-6-19-15(22)10-7-14(21)20(9-10)13-4-3-11(16)8-12(13)17;/h3-4,8,10,18H,2,5-7,9H2,1H3,(H,19,22);1H. The van der Waals surface area contributed by atoms with Gasteiger partial charge in [0.25, 0.3) is 0 Å². The van der Waals surface area contributed by atoms with Crippen LogP contribution in [0.25, 0.3) is 0 Å². The number of hydrogen-bond acceptors (Lipinski definition) is 3. The highest BCUT2D eigenvalue weighted by Gasteiger charge is 2.36. The largest absolute Gasteiger partial charge is 0.355 e. The number of halogens is 3. The average Bonchev–Trinajstić information content (AvgIpc) is 2.85. The zero-order valence-electron chi connectivity index (χ0n) is 12.8. The van der Waals surface area contributed by atoms with Crippen LogP contribution in [0.3, 0.4) is 0 Å². The van der Waals surface area contributed by atoms with Crippen LogP contribution in [0, 0.1) is 17.6 Å². The maximum atomic E-state index is 13.7. The van der Waals surface area contributed by atoms with E-state index in [1.807, 2.05) is 6.92 Å². The number of amides is 2. The molecular formula is C15H20ClF2N3O2. The summed E-state index contributed by atoms with van der Waals surface area (Å²) >= 11 is 0. The van der Waals surface area contributed by atoms with Gasteiger partial charge >= 0.3 is 0 Å². The van der Waals surface area contributed by atoms with E-state index in [1.54, 1.807) is 0 Å². The van der Waals surface area contributed by atoms with Crippen molar-refractivity contribution in [3.8, 4) is 0 Å². The van der Waals surface area contributed by atoms with Crippen LogP contribution in [0.2, 0.25) is 0 Å². The van der Waals surface area contributed by atoms with Crippen LogP contribution in [0.4, 0.5) is 14.5 Å². The third kappa shape index (κ3) is 4.87. The molecule has 1 fully saturated rings. The van der Waals surface area contributed by atoms with E-state index < -0.39 is 17.6 Å². The van der Waals surface area contributed by atoms with Crippen molar-refractivity contribution in [3.05, 3.63) is 29.8 Å². The van der Waals surface area contributed by atoms with Crippen molar-refractivity contribution in [1.29, 1.82) is 0 Å². The van der Waals surface area contributed by atoms with Crippen molar-refractivity contribution < 1.29 is 18.4 Å². The lowest BCUT2D eigenvalue weighted by atomic mass is 10.1. The molecule has 0 spiro atoms. The van der Waals surface area contributed by atoms with Crippen LogP contribution in [0.5, 0.6) is 0 Å². The fourth-order valence-electron chi connectivity index (χ4n) is 2.41. The number of carbonyl (C=O) groups excluding carboxylic acids is 2. The molecule has 0 saturated carbocycles. The number of anilines is 1. The molecule has 128 valence electrons. The lowest BCUT2D eigenvalue weighted by Crippen LogP contribution is -2.37. The second kappa shape index (κ2) is 8.79. The Balaban J connectivity index is 0.00000264. The Bertz CT molecular complexity index is 572. The van der Waals surface area contributed by atoms with E-state index in [1.165, 1.54) is 11.0 Å². The van der Waals surface area contributed by atoms with Crippen LogP contribution in [0.1, 0.15) is 13.3 Å². The van der Waals surface area contributed by atoms with Gasteiger partial charge in [-0.3, -0.25) is 9.59 Å². The molecule has 1 heterocycles. The number of carbonyl (C=O) groups is 2. The van der Waals surface area contributed by atoms with Crippen molar-refractivity contribution in [1.82, 2.24) is 10.6 Å². The van der Waals surface area contributed by atoms with Crippen molar-refractivity contribution >= 4 is 29.9 Å². The summed E-state index contributed by atoms with van der Waals surface area (Å²) in [6.07, 6.45) is 0.0316. The fourth-order valence-corrected chi connectivity index (χ4v) is 2.41. The highest BCUT2D eigenvalue weighted by molar-refractivity contribution is 6.00. The van der Waals surface area contributed by atoms with Gasteiger partial charge in [-0.05, 0) is 18.7 Å². The first-order chi connectivity index (χ1) is 10.5. The highest BCUT2D eigenvalue weighted by atomic mass is 35.5. The minimum atomic E-state index is -0.804. The molecule has 0 aliphatic carbocycles. The molecule has 1 aromatic carbocycles. The summed E-state index contributed by atoms with van der Waals surface area (Å²) in [4.78, 5) is 25.2. The molecule has 1 aliphatic rings. The number of nitrogens with zero attached hydrogens (tertiary/aromatic N) is 1. The van der Waals surface area contributed by atoms with Gasteiger partial charge in [-0.2, -0.15) is 0 Å². The van der Waals surface area contributed by atoms with E-state index in [0.717, 1.165) is 18.7 Å². The van der Waals surface area contributed by atoms with Crippen molar-refractivity contribution in [2.45, 2.75) is 13.3 Å². The first-order valence-corrected chi connectivity index (χ1v) is 7.26. The van der Waals surface area contributed by atoms with Crippen LogP contribution in [0.15, 0.2) is 18.2 Å². The third-order valence-electron chi connectivity index (χ3n) is 3.55. The van der Waals surface area contributed by atoms with Gasteiger partial charge in [0, 0.05) is 32.1 Å². The Hall–Kier alpha value is -1.73. The first-order valence-electron chi connectivity index (χ1n) is 7.26. The molecule has 5 nitrogen and oxygen atoms in total. The molecule has 2 amide bonds. The SMILES string of the molecule is CCNCCNC(=O)C1CC(=O)N(c2ccc(F)cc2F)C1.Cl. The average molecular weight is 348 g/mol. The lowest BCUT2D eigenvalue weighted by Gasteiger charge is -2.17. The molecule has 1 aliphatic heterocycles. The summed E-state index contributed by atoms with van der Waals surface area (Å²) in [5, 5.41) is 5.81. The molecule has 1 atom stereocenters. The molecule has 0 radical (unpaired) electrons. The number of likely N-dealkylation sites (N-methyl/N-ethyl adjacent to an activating group) is 1. The summed E-state index contributed by atoms with van der Waals surface area (Å²) in [5.41, 5.74) is 0.00866. The summed E-state index contributed by atoms with van der Waals surface area (Å²) < 4.78 is 26.7. The Labute approximate surface area is 139 Å².